The molecule has 3 rings (SSSR count). The molecule has 3 aliphatic rings. The number of carboxylic acids is 1. The van der Waals surface area contributed by atoms with Gasteiger partial charge in [0.15, 0.2) is 5.79 Å². The predicted molar refractivity (Wildman–Crippen MR) is 73.5 cm³/mol. The molecule has 1 amide bonds. The van der Waals surface area contributed by atoms with Gasteiger partial charge in [-0.1, -0.05) is 12.8 Å². The van der Waals surface area contributed by atoms with Gasteiger partial charge in [-0.25, -0.2) is 0 Å². The maximum absolute atomic E-state index is 12.7. The van der Waals surface area contributed by atoms with Gasteiger partial charge >= 0.3 is 5.97 Å². The molecule has 0 unspecified atom stereocenters. The summed E-state index contributed by atoms with van der Waals surface area (Å²) in [6.07, 6.45) is 4.54. The Bertz CT molecular complexity index is 408. The largest absolute Gasteiger partial charge is 0.481 e. The monoisotopic (exact) mass is 297 g/mol. The highest BCUT2D eigenvalue weighted by molar-refractivity contribution is 5.85. The standard InChI is InChI=1S/C15H23NO5/c17-13(11-3-1-2-4-12(11)14(18)19)16-7-5-15(6-8-16)20-9-10-21-15/h11-12H,1-10H2,(H,18,19)/t11-,12+/m1/s1. The normalized spacial score (nSPS) is 32.3. The molecular weight excluding hydrogens is 274 g/mol. The number of carbonyl (C=O) groups excluding carboxylic acids is 1. The fraction of sp³-hybridized carbons (Fsp3) is 0.867. The van der Waals surface area contributed by atoms with E-state index in [2.05, 4.69) is 0 Å². The van der Waals surface area contributed by atoms with Gasteiger partial charge in [0.25, 0.3) is 0 Å². The number of ether oxygens (including phenoxy) is 2. The van der Waals surface area contributed by atoms with Gasteiger partial charge in [0.05, 0.1) is 25.0 Å². The van der Waals surface area contributed by atoms with E-state index in [0.29, 0.717) is 52.0 Å². The van der Waals surface area contributed by atoms with Crippen LogP contribution in [0.5, 0.6) is 0 Å². The average molecular weight is 297 g/mol. The van der Waals surface area contributed by atoms with Crippen molar-refractivity contribution in [1.29, 1.82) is 0 Å². The first-order chi connectivity index (χ1) is 10.1. The summed E-state index contributed by atoms with van der Waals surface area (Å²) in [5.74, 6) is -2.18. The molecule has 0 aromatic carbocycles. The Labute approximate surface area is 124 Å². The van der Waals surface area contributed by atoms with Crippen molar-refractivity contribution in [2.45, 2.75) is 44.3 Å². The van der Waals surface area contributed by atoms with E-state index >= 15 is 0 Å². The highest BCUT2D eigenvalue weighted by Gasteiger charge is 2.43. The third kappa shape index (κ3) is 2.92. The molecule has 2 saturated heterocycles. The Morgan fingerprint density at radius 1 is 1.00 bits per heavy atom. The Kier molecular flexibility index (Phi) is 4.17. The van der Waals surface area contributed by atoms with E-state index in [9.17, 15) is 14.7 Å². The zero-order chi connectivity index (χ0) is 14.9. The number of rotatable bonds is 2. The second-order valence-electron chi connectivity index (χ2n) is 6.27. The molecule has 0 aromatic heterocycles. The van der Waals surface area contributed by atoms with E-state index < -0.39 is 17.7 Å². The molecule has 21 heavy (non-hydrogen) atoms. The van der Waals surface area contributed by atoms with Crippen LogP contribution in [0.2, 0.25) is 0 Å². The van der Waals surface area contributed by atoms with Crippen molar-refractivity contribution < 1.29 is 24.2 Å². The van der Waals surface area contributed by atoms with Crippen LogP contribution in [-0.2, 0) is 19.1 Å². The van der Waals surface area contributed by atoms with Crippen LogP contribution in [0, 0.1) is 11.8 Å². The first-order valence-electron chi connectivity index (χ1n) is 7.91. The van der Waals surface area contributed by atoms with Crippen LogP contribution in [-0.4, -0.2) is 54.0 Å². The van der Waals surface area contributed by atoms with Gasteiger partial charge in [-0.15, -0.1) is 0 Å². The SMILES string of the molecule is O=C(O)[C@H]1CCCC[C@H]1C(=O)N1CCC2(CC1)OCCO2. The quantitative estimate of drug-likeness (QED) is 0.830. The fourth-order valence-electron chi connectivity index (χ4n) is 3.81. The second-order valence-corrected chi connectivity index (χ2v) is 6.27. The van der Waals surface area contributed by atoms with E-state index in [0.717, 1.165) is 12.8 Å². The number of nitrogens with zero attached hydrogens (tertiary/aromatic N) is 1. The van der Waals surface area contributed by atoms with Gasteiger partial charge in [-0.2, -0.15) is 0 Å². The van der Waals surface area contributed by atoms with E-state index in [1.54, 1.807) is 0 Å². The van der Waals surface area contributed by atoms with Crippen LogP contribution in [0.1, 0.15) is 38.5 Å². The summed E-state index contributed by atoms with van der Waals surface area (Å²) in [5.41, 5.74) is 0. The number of likely N-dealkylation sites (tertiary alicyclic amines) is 1. The summed E-state index contributed by atoms with van der Waals surface area (Å²) in [5, 5.41) is 9.31. The third-order valence-corrected chi connectivity index (χ3v) is 5.05. The van der Waals surface area contributed by atoms with Gasteiger partial charge in [-0.3, -0.25) is 9.59 Å². The summed E-state index contributed by atoms with van der Waals surface area (Å²) in [6, 6.07) is 0. The molecule has 6 heteroatoms. The minimum absolute atomic E-state index is 0.00921. The van der Waals surface area contributed by atoms with Crippen LogP contribution in [0.4, 0.5) is 0 Å². The highest BCUT2D eigenvalue weighted by Crippen LogP contribution is 2.35. The summed E-state index contributed by atoms with van der Waals surface area (Å²) in [4.78, 5) is 25.8. The maximum Gasteiger partial charge on any atom is 0.307 e. The first kappa shape index (κ1) is 14.8. The fourth-order valence-corrected chi connectivity index (χ4v) is 3.81. The summed E-state index contributed by atoms with van der Waals surface area (Å²) >= 11 is 0. The molecule has 1 spiro atoms. The van der Waals surface area contributed by atoms with Crippen molar-refractivity contribution in [1.82, 2.24) is 4.90 Å². The van der Waals surface area contributed by atoms with E-state index in [4.69, 9.17) is 9.47 Å². The number of piperidine rings is 1. The molecular formula is C15H23NO5. The molecule has 118 valence electrons. The summed E-state index contributed by atoms with van der Waals surface area (Å²) in [7, 11) is 0. The molecule has 1 aliphatic carbocycles. The van der Waals surface area contributed by atoms with Crippen molar-refractivity contribution in [3.8, 4) is 0 Å². The molecule has 0 aromatic rings. The zero-order valence-corrected chi connectivity index (χ0v) is 12.3. The smallest absolute Gasteiger partial charge is 0.307 e. The number of hydrogen-bond acceptors (Lipinski definition) is 4. The zero-order valence-electron chi connectivity index (χ0n) is 12.3. The third-order valence-electron chi connectivity index (χ3n) is 5.05. The van der Waals surface area contributed by atoms with Crippen LogP contribution < -0.4 is 0 Å². The van der Waals surface area contributed by atoms with Gasteiger partial charge in [0.1, 0.15) is 0 Å². The van der Waals surface area contributed by atoms with E-state index in [1.165, 1.54) is 0 Å². The van der Waals surface area contributed by atoms with Crippen molar-refractivity contribution in [3.63, 3.8) is 0 Å². The number of carbonyl (C=O) groups is 2. The van der Waals surface area contributed by atoms with Crippen LogP contribution >= 0.6 is 0 Å². The van der Waals surface area contributed by atoms with Crippen molar-refractivity contribution in [3.05, 3.63) is 0 Å². The van der Waals surface area contributed by atoms with Gasteiger partial charge in [0, 0.05) is 25.9 Å². The lowest BCUT2D eigenvalue weighted by Gasteiger charge is -2.40. The van der Waals surface area contributed by atoms with E-state index in [1.807, 2.05) is 4.90 Å². The van der Waals surface area contributed by atoms with Crippen LogP contribution in [0.25, 0.3) is 0 Å². The topological polar surface area (TPSA) is 76.1 Å². The Hall–Kier alpha value is -1.14. The number of amides is 1. The van der Waals surface area contributed by atoms with Crippen LogP contribution in [0.3, 0.4) is 0 Å². The summed E-state index contributed by atoms with van der Waals surface area (Å²) in [6.45, 7) is 2.44. The molecule has 2 atom stereocenters. The molecule has 0 bridgehead atoms. The molecule has 0 radical (unpaired) electrons. The maximum atomic E-state index is 12.7. The molecule has 2 aliphatic heterocycles. The molecule has 3 fully saturated rings. The van der Waals surface area contributed by atoms with Crippen molar-refractivity contribution >= 4 is 11.9 Å². The van der Waals surface area contributed by atoms with Gasteiger partial charge in [0.2, 0.25) is 5.91 Å². The lowest BCUT2D eigenvalue weighted by atomic mass is 9.78. The van der Waals surface area contributed by atoms with Crippen molar-refractivity contribution in [2.75, 3.05) is 26.3 Å². The summed E-state index contributed by atoms with van der Waals surface area (Å²) < 4.78 is 11.3. The lowest BCUT2D eigenvalue weighted by Crippen LogP contribution is -2.50. The average Bonchev–Trinajstić information content (AvgIpc) is 2.95. The van der Waals surface area contributed by atoms with E-state index in [-0.39, 0.29) is 11.8 Å². The van der Waals surface area contributed by atoms with Crippen molar-refractivity contribution in [2.24, 2.45) is 11.8 Å². The lowest BCUT2D eigenvalue weighted by molar-refractivity contribution is -0.189. The van der Waals surface area contributed by atoms with Crippen LogP contribution in [0.15, 0.2) is 0 Å². The highest BCUT2D eigenvalue weighted by atomic mass is 16.7. The Balaban J connectivity index is 1.61. The minimum Gasteiger partial charge on any atom is -0.481 e. The molecule has 1 saturated carbocycles. The molecule has 6 nitrogen and oxygen atoms in total. The predicted octanol–water partition coefficient (Wildman–Crippen LogP) is 1.24. The number of aliphatic carboxylic acids is 1. The number of hydrogen-bond donors (Lipinski definition) is 1. The molecule has 1 N–H and O–H groups in total. The van der Waals surface area contributed by atoms with Gasteiger partial charge in [-0.05, 0) is 12.8 Å². The minimum atomic E-state index is -0.830. The first-order valence-corrected chi connectivity index (χ1v) is 7.91. The number of carboxylic acid groups (broad SMARTS) is 1. The van der Waals surface area contributed by atoms with Gasteiger partial charge < -0.3 is 19.5 Å². The Morgan fingerprint density at radius 2 is 1.57 bits per heavy atom. The second kappa shape index (κ2) is 5.93. The Morgan fingerprint density at radius 3 is 2.14 bits per heavy atom. The molecule has 2 heterocycles.